The lowest BCUT2D eigenvalue weighted by atomic mass is 9.69. The van der Waals surface area contributed by atoms with Crippen LogP contribution < -0.4 is 11.1 Å². The lowest BCUT2D eigenvalue weighted by Gasteiger charge is -2.40. The molecule has 23 heavy (non-hydrogen) atoms. The summed E-state index contributed by atoms with van der Waals surface area (Å²) in [7, 11) is 0. The van der Waals surface area contributed by atoms with E-state index in [0.717, 1.165) is 29.1 Å². The van der Waals surface area contributed by atoms with Gasteiger partial charge in [0.25, 0.3) is 5.91 Å². The minimum Gasteiger partial charge on any atom is -0.380 e. The third kappa shape index (κ3) is 1.79. The van der Waals surface area contributed by atoms with E-state index in [1.807, 2.05) is 12.3 Å². The van der Waals surface area contributed by atoms with Crippen LogP contribution in [0, 0.1) is 16.7 Å². The van der Waals surface area contributed by atoms with Crippen LogP contribution in [0.4, 0.5) is 5.69 Å². The standard InChI is InChI=1S/C18H24N4O/c1-17(2)10-4-6-18(17,3)13(8-10)22-14-11-5-7-20-16(11)21-9-12(14)15(19)23/h5,7,9-10,13H,4,6,8H2,1-3H3,(H2,19,23)(H2,20,21,22)/t10-,13-,18-/m0/s1. The fraction of sp³-hybridized carbons (Fsp3) is 0.556. The van der Waals surface area contributed by atoms with Crippen molar-refractivity contribution in [3.05, 3.63) is 24.0 Å². The summed E-state index contributed by atoms with van der Waals surface area (Å²) in [6, 6.07) is 2.31. The molecule has 0 spiro atoms. The molecule has 4 rings (SSSR count). The van der Waals surface area contributed by atoms with Crippen molar-refractivity contribution >= 4 is 22.6 Å². The number of hydrogen-bond acceptors (Lipinski definition) is 3. The molecule has 2 bridgehead atoms. The Kier molecular flexibility index (Phi) is 2.84. The Morgan fingerprint density at radius 1 is 1.43 bits per heavy atom. The fourth-order valence-electron chi connectivity index (χ4n) is 4.95. The van der Waals surface area contributed by atoms with Crippen LogP contribution in [0.25, 0.3) is 11.0 Å². The van der Waals surface area contributed by atoms with Crippen molar-refractivity contribution in [3.63, 3.8) is 0 Å². The fourth-order valence-corrected chi connectivity index (χ4v) is 4.95. The van der Waals surface area contributed by atoms with Crippen molar-refractivity contribution in [3.8, 4) is 0 Å². The van der Waals surface area contributed by atoms with E-state index in [2.05, 4.69) is 36.1 Å². The molecule has 2 fully saturated rings. The van der Waals surface area contributed by atoms with Crippen LogP contribution >= 0.6 is 0 Å². The van der Waals surface area contributed by atoms with Crippen molar-refractivity contribution in [2.75, 3.05) is 5.32 Å². The SMILES string of the molecule is CC1(C)[C@H]2CC[C@@]1(C)[C@@H](Nc1c(C(N)=O)cnc3[nH]ccc13)C2. The van der Waals surface area contributed by atoms with Gasteiger partial charge in [-0.2, -0.15) is 0 Å². The molecule has 2 heterocycles. The molecule has 2 aliphatic carbocycles. The number of primary amides is 1. The predicted molar refractivity (Wildman–Crippen MR) is 91.3 cm³/mol. The van der Waals surface area contributed by atoms with Crippen LogP contribution in [-0.2, 0) is 0 Å². The van der Waals surface area contributed by atoms with Crippen LogP contribution in [0.5, 0.6) is 0 Å². The summed E-state index contributed by atoms with van der Waals surface area (Å²) >= 11 is 0. The minimum atomic E-state index is -0.435. The Labute approximate surface area is 136 Å². The second-order valence-electron chi connectivity index (χ2n) is 7.96. The first-order chi connectivity index (χ1) is 10.8. The molecule has 2 aliphatic rings. The number of aromatic amines is 1. The molecule has 3 atom stereocenters. The molecule has 2 aromatic heterocycles. The highest BCUT2D eigenvalue weighted by atomic mass is 16.1. The van der Waals surface area contributed by atoms with Gasteiger partial charge in [0.05, 0.1) is 11.3 Å². The molecule has 2 aromatic rings. The third-order valence-corrected chi connectivity index (χ3v) is 6.96. The molecule has 0 radical (unpaired) electrons. The number of pyridine rings is 1. The van der Waals surface area contributed by atoms with Crippen LogP contribution in [-0.4, -0.2) is 21.9 Å². The second kappa shape index (κ2) is 4.49. The lowest BCUT2D eigenvalue weighted by Crippen LogP contribution is -2.40. The molecular formula is C18H24N4O. The van der Waals surface area contributed by atoms with Gasteiger partial charge < -0.3 is 16.0 Å². The first-order valence-electron chi connectivity index (χ1n) is 8.37. The van der Waals surface area contributed by atoms with Crippen LogP contribution in [0.15, 0.2) is 18.5 Å². The van der Waals surface area contributed by atoms with E-state index in [9.17, 15) is 4.79 Å². The van der Waals surface area contributed by atoms with Crippen molar-refractivity contribution in [2.45, 2.75) is 46.1 Å². The van der Waals surface area contributed by atoms with E-state index in [1.165, 1.54) is 12.8 Å². The monoisotopic (exact) mass is 312 g/mol. The smallest absolute Gasteiger partial charge is 0.252 e. The second-order valence-corrected chi connectivity index (χ2v) is 7.96. The number of carbonyl (C=O) groups excluding carboxylic acids is 1. The number of rotatable bonds is 3. The molecule has 2 saturated carbocycles. The number of nitrogens with zero attached hydrogens (tertiary/aromatic N) is 1. The summed E-state index contributed by atoms with van der Waals surface area (Å²) in [5, 5.41) is 4.62. The summed E-state index contributed by atoms with van der Waals surface area (Å²) in [5.41, 5.74) is 8.23. The van der Waals surface area contributed by atoms with Gasteiger partial charge >= 0.3 is 0 Å². The van der Waals surface area contributed by atoms with Crippen LogP contribution in [0.3, 0.4) is 0 Å². The van der Waals surface area contributed by atoms with Gasteiger partial charge in [-0.15, -0.1) is 0 Å². The van der Waals surface area contributed by atoms with Crippen LogP contribution in [0.2, 0.25) is 0 Å². The van der Waals surface area contributed by atoms with Crippen LogP contribution in [0.1, 0.15) is 50.4 Å². The highest BCUT2D eigenvalue weighted by Gasteiger charge is 2.61. The number of hydrogen-bond donors (Lipinski definition) is 3. The van der Waals surface area contributed by atoms with Gasteiger partial charge in [0.2, 0.25) is 0 Å². The topological polar surface area (TPSA) is 83.8 Å². The number of anilines is 1. The lowest BCUT2D eigenvalue weighted by molar-refractivity contribution is 0.100. The first-order valence-corrected chi connectivity index (χ1v) is 8.37. The molecule has 1 amide bonds. The highest BCUT2D eigenvalue weighted by molar-refractivity contribution is 6.06. The summed E-state index contributed by atoms with van der Waals surface area (Å²) in [5.74, 6) is 0.307. The van der Waals surface area contributed by atoms with Crippen molar-refractivity contribution < 1.29 is 4.79 Å². The quantitative estimate of drug-likeness (QED) is 0.813. The third-order valence-electron chi connectivity index (χ3n) is 6.96. The largest absolute Gasteiger partial charge is 0.380 e. The van der Waals surface area contributed by atoms with Gasteiger partial charge in [-0.3, -0.25) is 4.79 Å². The number of nitrogens with two attached hydrogens (primary N) is 1. The Bertz CT molecular complexity index is 793. The maximum absolute atomic E-state index is 11.9. The van der Waals surface area contributed by atoms with E-state index in [-0.39, 0.29) is 5.41 Å². The Morgan fingerprint density at radius 2 is 2.22 bits per heavy atom. The summed E-state index contributed by atoms with van der Waals surface area (Å²) in [4.78, 5) is 19.3. The van der Waals surface area contributed by atoms with E-state index in [0.29, 0.717) is 17.0 Å². The van der Waals surface area contributed by atoms with Crippen molar-refractivity contribution in [1.82, 2.24) is 9.97 Å². The molecule has 0 aromatic carbocycles. The Hall–Kier alpha value is -2.04. The molecule has 0 saturated heterocycles. The summed E-state index contributed by atoms with van der Waals surface area (Å²) in [6.45, 7) is 7.16. The summed E-state index contributed by atoms with van der Waals surface area (Å²) < 4.78 is 0. The number of amides is 1. The molecule has 0 aliphatic heterocycles. The van der Waals surface area contributed by atoms with Gasteiger partial charge in [0.15, 0.2) is 0 Å². The number of fused-ring (bicyclic) bond motifs is 3. The van der Waals surface area contributed by atoms with Crippen molar-refractivity contribution in [2.24, 2.45) is 22.5 Å². The molecule has 5 nitrogen and oxygen atoms in total. The van der Waals surface area contributed by atoms with Gasteiger partial charge in [-0.25, -0.2) is 4.98 Å². The molecule has 5 heteroatoms. The Balaban J connectivity index is 1.78. The molecule has 122 valence electrons. The van der Waals surface area contributed by atoms with Gasteiger partial charge in [0, 0.05) is 23.8 Å². The summed E-state index contributed by atoms with van der Waals surface area (Å²) in [6.07, 6.45) is 7.11. The normalized spacial score (nSPS) is 31.6. The maximum atomic E-state index is 11.9. The molecule has 0 unspecified atom stereocenters. The predicted octanol–water partition coefficient (Wildman–Crippen LogP) is 3.29. The number of aromatic nitrogens is 2. The van der Waals surface area contributed by atoms with Crippen molar-refractivity contribution in [1.29, 1.82) is 0 Å². The Morgan fingerprint density at radius 3 is 2.83 bits per heavy atom. The zero-order chi connectivity index (χ0) is 16.4. The van der Waals surface area contributed by atoms with Gasteiger partial charge in [-0.05, 0) is 42.1 Å². The number of H-pyrrole nitrogens is 1. The zero-order valence-electron chi connectivity index (χ0n) is 13.9. The minimum absolute atomic E-state index is 0.235. The first kappa shape index (κ1) is 14.5. The number of carbonyl (C=O) groups is 1. The average molecular weight is 312 g/mol. The van der Waals surface area contributed by atoms with E-state index >= 15 is 0 Å². The maximum Gasteiger partial charge on any atom is 0.252 e. The zero-order valence-corrected chi connectivity index (χ0v) is 13.9. The van der Waals surface area contributed by atoms with Gasteiger partial charge in [-0.1, -0.05) is 20.8 Å². The average Bonchev–Trinajstić information content (AvgIpc) is 3.10. The van der Waals surface area contributed by atoms with E-state index in [1.54, 1.807) is 6.20 Å². The van der Waals surface area contributed by atoms with Gasteiger partial charge in [0.1, 0.15) is 5.65 Å². The molecular weight excluding hydrogens is 288 g/mol. The molecule has 4 N–H and O–H groups in total. The van der Waals surface area contributed by atoms with E-state index in [4.69, 9.17) is 5.73 Å². The number of nitrogens with one attached hydrogen (secondary N) is 2. The van der Waals surface area contributed by atoms with E-state index < -0.39 is 5.91 Å². The highest BCUT2D eigenvalue weighted by Crippen LogP contribution is 2.66.